The number of likely N-dealkylation sites (N-methyl/N-ethyl adjacent to an activating group) is 2. The second-order valence-electron chi connectivity index (χ2n) is 8.65. The number of amides is 2. The number of aromatic nitrogens is 2. The lowest BCUT2D eigenvalue weighted by Crippen LogP contribution is -2.60. The first-order valence-corrected chi connectivity index (χ1v) is 11.9. The monoisotopic (exact) mass is 477 g/mol. The van der Waals surface area contributed by atoms with Crippen LogP contribution < -0.4 is 15.4 Å². The number of piperidine rings is 1. The van der Waals surface area contributed by atoms with Crippen LogP contribution in [-0.2, 0) is 11.4 Å². The number of rotatable bonds is 8. The van der Waals surface area contributed by atoms with E-state index < -0.39 is 6.04 Å². The molecule has 184 valence electrons. The number of benzene rings is 1. The molecule has 0 saturated carbocycles. The molecule has 1 aliphatic heterocycles. The van der Waals surface area contributed by atoms with Crippen LogP contribution in [0.4, 0.5) is 0 Å². The number of carbonyl (C=O) groups excluding carboxylic acids is 2. The first-order chi connectivity index (χ1) is 17.0. The molecule has 1 aromatic carbocycles. The first-order valence-electron chi connectivity index (χ1n) is 11.9. The van der Waals surface area contributed by atoms with E-state index in [1.54, 1.807) is 12.1 Å². The van der Waals surface area contributed by atoms with Crippen LogP contribution in [-0.4, -0.2) is 59.1 Å². The normalized spacial score (nSPS) is 18.1. The molecule has 2 unspecified atom stereocenters. The molecule has 0 spiro atoms. The van der Waals surface area contributed by atoms with Gasteiger partial charge in [-0.25, -0.2) is 4.98 Å². The standard InChI is InChI=1S/C26H31N5O4/c1-4-27-26(33)24-21(11-8-14-31(24)3)29-25(32)19-12-13-22(28-15-19)34-16-20-17(2)35-30-23(20)18-9-6-5-7-10-18/h5-7,9-10,12-13,15,21,24H,4,8,11,14,16H2,1-3H3,(H,27,33)(H,29,32). The summed E-state index contributed by atoms with van der Waals surface area (Å²) in [4.78, 5) is 31.7. The van der Waals surface area contributed by atoms with Crippen molar-refractivity contribution in [2.45, 2.75) is 45.4 Å². The summed E-state index contributed by atoms with van der Waals surface area (Å²) in [5, 5.41) is 10.1. The fraction of sp³-hybridized carbons (Fsp3) is 0.385. The van der Waals surface area contributed by atoms with Crippen molar-refractivity contribution in [2.75, 3.05) is 20.1 Å². The van der Waals surface area contributed by atoms with Crippen LogP contribution in [0, 0.1) is 6.92 Å². The van der Waals surface area contributed by atoms with Gasteiger partial charge in [0.2, 0.25) is 11.8 Å². The van der Waals surface area contributed by atoms with Crippen molar-refractivity contribution < 1.29 is 18.8 Å². The van der Waals surface area contributed by atoms with Gasteiger partial charge in [0.15, 0.2) is 0 Å². The van der Waals surface area contributed by atoms with Gasteiger partial charge in [0, 0.05) is 24.4 Å². The Morgan fingerprint density at radius 3 is 2.71 bits per heavy atom. The lowest BCUT2D eigenvalue weighted by atomic mass is 9.95. The molecule has 0 aliphatic carbocycles. The summed E-state index contributed by atoms with van der Waals surface area (Å²) < 4.78 is 11.2. The van der Waals surface area contributed by atoms with Gasteiger partial charge in [0.1, 0.15) is 24.1 Å². The summed E-state index contributed by atoms with van der Waals surface area (Å²) >= 11 is 0. The number of hydrogen-bond donors (Lipinski definition) is 2. The molecule has 2 N–H and O–H groups in total. The lowest BCUT2D eigenvalue weighted by molar-refractivity contribution is -0.127. The number of nitrogens with zero attached hydrogens (tertiary/aromatic N) is 3. The topological polar surface area (TPSA) is 110 Å². The lowest BCUT2D eigenvalue weighted by Gasteiger charge is -2.38. The van der Waals surface area contributed by atoms with Crippen LogP contribution in [0.5, 0.6) is 5.88 Å². The molecule has 0 bridgehead atoms. The van der Waals surface area contributed by atoms with Gasteiger partial charge < -0.3 is 19.9 Å². The van der Waals surface area contributed by atoms with Gasteiger partial charge in [-0.15, -0.1) is 0 Å². The Balaban J connectivity index is 1.39. The third-order valence-electron chi connectivity index (χ3n) is 6.21. The summed E-state index contributed by atoms with van der Waals surface area (Å²) in [5.74, 6) is 0.735. The van der Waals surface area contributed by atoms with Crippen molar-refractivity contribution in [3.05, 3.63) is 65.5 Å². The summed E-state index contributed by atoms with van der Waals surface area (Å²) in [6.45, 7) is 5.34. The largest absolute Gasteiger partial charge is 0.473 e. The summed E-state index contributed by atoms with van der Waals surface area (Å²) in [6.07, 6.45) is 3.14. The third kappa shape index (κ3) is 5.68. The number of nitrogens with one attached hydrogen (secondary N) is 2. The summed E-state index contributed by atoms with van der Waals surface area (Å²) in [5.41, 5.74) is 2.93. The molecular formula is C26H31N5O4. The van der Waals surface area contributed by atoms with Crippen molar-refractivity contribution in [3.63, 3.8) is 0 Å². The highest BCUT2D eigenvalue weighted by molar-refractivity contribution is 5.95. The highest BCUT2D eigenvalue weighted by atomic mass is 16.5. The summed E-state index contributed by atoms with van der Waals surface area (Å²) in [7, 11) is 1.91. The Bertz CT molecular complexity index is 1150. The van der Waals surface area contributed by atoms with Crippen LogP contribution in [0.1, 0.15) is 41.4 Å². The Labute approximate surface area is 204 Å². The molecule has 1 fully saturated rings. The van der Waals surface area contributed by atoms with Gasteiger partial charge in [-0.1, -0.05) is 35.5 Å². The van der Waals surface area contributed by atoms with Gasteiger partial charge in [-0.2, -0.15) is 0 Å². The maximum Gasteiger partial charge on any atom is 0.253 e. The second-order valence-corrected chi connectivity index (χ2v) is 8.65. The molecule has 1 saturated heterocycles. The maximum absolute atomic E-state index is 12.9. The minimum atomic E-state index is -0.395. The van der Waals surface area contributed by atoms with E-state index in [-0.39, 0.29) is 24.5 Å². The predicted molar refractivity (Wildman–Crippen MR) is 131 cm³/mol. The van der Waals surface area contributed by atoms with Crippen molar-refractivity contribution in [1.29, 1.82) is 0 Å². The number of aryl methyl sites for hydroxylation is 1. The van der Waals surface area contributed by atoms with Gasteiger partial charge in [0.05, 0.1) is 17.2 Å². The average molecular weight is 478 g/mol. The molecule has 0 radical (unpaired) electrons. The van der Waals surface area contributed by atoms with Crippen LogP contribution in [0.15, 0.2) is 53.2 Å². The highest BCUT2D eigenvalue weighted by Gasteiger charge is 2.35. The smallest absolute Gasteiger partial charge is 0.253 e. The zero-order valence-corrected chi connectivity index (χ0v) is 20.3. The van der Waals surface area contributed by atoms with E-state index >= 15 is 0 Å². The third-order valence-corrected chi connectivity index (χ3v) is 6.21. The SMILES string of the molecule is CCNC(=O)C1C(NC(=O)c2ccc(OCc3c(-c4ccccc4)noc3C)nc2)CCCN1C. The van der Waals surface area contributed by atoms with E-state index in [0.29, 0.717) is 23.7 Å². The number of hydrogen-bond acceptors (Lipinski definition) is 7. The molecule has 2 aromatic heterocycles. The van der Waals surface area contributed by atoms with Crippen LogP contribution in [0.2, 0.25) is 0 Å². The predicted octanol–water partition coefficient (Wildman–Crippen LogP) is 2.95. The van der Waals surface area contributed by atoms with E-state index in [2.05, 4.69) is 20.8 Å². The zero-order valence-electron chi connectivity index (χ0n) is 20.3. The second kappa shape index (κ2) is 11.1. The molecule has 35 heavy (non-hydrogen) atoms. The molecule has 3 aromatic rings. The van der Waals surface area contributed by atoms with Crippen molar-refractivity contribution in [2.24, 2.45) is 0 Å². The van der Waals surface area contributed by atoms with Crippen molar-refractivity contribution in [3.8, 4) is 17.1 Å². The maximum atomic E-state index is 12.9. The van der Waals surface area contributed by atoms with E-state index in [9.17, 15) is 9.59 Å². The van der Waals surface area contributed by atoms with E-state index in [0.717, 1.165) is 36.2 Å². The van der Waals surface area contributed by atoms with Crippen molar-refractivity contribution in [1.82, 2.24) is 25.7 Å². The zero-order chi connectivity index (χ0) is 24.8. The Morgan fingerprint density at radius 2 is 2.00 bits per heavy atom. The van der Waals surface area contributed by atoms with Crippen LogP contribution in [0.3, 0.4) is 0 Å². The number of carbonyl (C=O) groups is 2. The van der Waals surface area contributed by atoms with Gasteiger partial charge in [-0.3, -0.25) is 14.5 Å². The fourth-order valence-corrected chi connectivity index (χ4v) is 4.36. The minimum absolute atomic E-state index is 0.0687. The first kappa shape index (κ1) is 24.4. The number of pyridine rings is 1. The quantitative estimate of drug-likeness (QED) is 0.513. The Hall–Kier alpha value is -3.72. The average Bonchev–Trinajstić information content (AvgIpc) is 3.24. The molecule has 2 amide bonds. The molecule has 4 rings (SSSR count). The molecule has 9 nitrogen and oxygen atoms in total. The van der Waals surface area contributed by atoms with Gasteiger partial charge >= 0.3 is 0 Å². The number of ether oxygens (including phenoxy) is 1. The molecule has 3 heterocycles. The minimum Gasteiger partial charge on any atom is -0.473 e. The van der Waals surface area contributed by atoms with E-state index in [4.69, 9.17) is 9.26 Å². The van der Waals surface area contributed by atoms with Crippen molar-refractivity contribution >= 4 is 11.8 Å². The Morgan fingerprint density at radius 1 is 1.20 bits per heavy atom. The van der Waals surface area contributed by atoms with Gasteiger partial charge in [0.25, 0.3) is 5.91 Å². The highest BCUT2D eigenvalue weighted by Crippen LogP contribution is 2.26. The Kier molecular flexibility index (Phi) is 7.77. The van der Waals surface area contributed by atoms with Gasteiger partial charge in [-0.05, 0) is 46.3 Å². The number of likely N-dealkylation sites (tertiary alicyclic amines) is 1. The molecular weight excluding hydrogens is 446 g/mol. The fourth-order valence-electron chi connectivity index (χ4n) is 4.36. The van der Waals surface area contributed by atoms with Crippen LogP contribution in [0.25, 0.3) is 11.3 Å². The summed E-state index contributed by atoms with van der Waals surface area (Å²) in [6, 6.07) is 12.4. The van der Waals surface area contributed by atoms with Crippen LogP contribution >= 0.6 is 0 Å². The van der Waals surface area contributed by atoms with E-state index in [1.807, 2.05) is 56.1 Å². The molecule has 9 heteroatoms. The van der Waals surface area contributed by atoms with E-state index in [1.165, 1.54) is 6.20 Å². The molecule has 1 aliphatic rings. The molecule has 2 atom stereocenters.